The molecule has 6 nitrogen and oxygen atoms in total. The van der Waals surface area contributed by atoms with Crippen molar-refractivity contribution >= 4 is 11.4 Å². The minimum Gasteiger partial charge on any atom is -0.497 e. The second-order valence-electron chi connectivity index (χ2n) is 3.15. The molecule has 0 unspecified atom stereocenters. The van der Waals surface area contributed by atoms with Gasteiger partial charge in [0.25, 0.3) is 0 Å². The summed E-state index contributed by atoms with van der Waals surface area (Å²) >= 11 is 0. The van der Waals surface area contributed by atoms with Crippen LogP contribution in [0.5, 0.6) is 5.75 Å². The highest BCUT2D eigenvalue weighted by Gasteiger charge is 2.02. The van der Waals surface area contributed by atoms with Gasteiger partial charge >= 0.3 is 0 Å². The fourth-order valence-electron chi connectivity index (χ4n) is 1.27. The second-order valence-corrected chi connectivity index (χ2v) is 3.15. The Morgan fingerprint density at radius 3 is 3.00 bits per heavy atom. The average molecular weight is 220 g/mol. The Balaban J connectivity index is 2.04. The third kappa shape index (κ3) is 2.22. The number of hydrogen-bond donors (Lipinski definition) is 2. The molecule has 1 heterocycles. The van der Waals surface area contributed by atoms with Crippen molar-refractivity contribution < 1.29 is 9.26 Å². The van der Waals surface area contributed by atoms with Crippen LogP contribution in [0, 0.1) is 0 Å². The Kier molecular flexibility index (Phi) is 2.90. The van der Waals surface area contributed by atoms with Crippen molar-refractivity contribution in [2.45, 2.75) is 6.54 Å². The molecule has 3 N–H and O–H groups in total. The minimum absolute atomic E-state index is 0.465. The van der Waals surface area contributed by atoms with Crippen molar-refractivity contribution in [1.82, 2.24) is 10.1 Å². The molecule has 2 rings (SSSR count). The number of ether oxygens (including phenoxy) is 1. The molecule has 1 aromatic heterocycles. The maximum Gasteiger partial charge on any atom is 0.213 e. The molecule has 0 saturated heterocycles. The van der Waals surface area contributed by atoms with Gasteiger partial charge < -0.3 is 20.3 Å². The predicted molar refractivity (Wildman–Crippen MR) is 59.0 cm³/mol. The molecule has 0 fully saturated rings. The van der Waals surface area contributed by atoms with E-state index in [1.807, 2.05) is 12.1 Å². The molecule has 0 saturated carbocycles. The Hall–Kier alpha value is -2.24. The number of methoxy groups -OCH3 is 1. The third-order valence-corrected chi connectivity index (χ3v) is 2.10. The zero-order valence-corrected chi connectivity index (χ0v) is 8.80. The Bertz CT molecular complexity index is 456. The molecular weight excluding hydrogens is 208 g/mol. The molecule has 2 aromatic rings. The maximum absolute atomic E-state index is 5.83. The quantitative estimate of drug-likeness (QED) is 0.754. The summed E-state index contributed by atoms with van der Waals surface area (Å²) < 4.78 is 9.67. The fourth-order valence-corrected chi connectivity index (χ4v) is 1.27. The number of nitrogens with zero attached hydrogens (tertiary/aromatic N) is 2. The normalized spacial score (nSPS) is 10.1. The Morgan fingerprint density at radius 2 is 2.38 bits per heavy atom. The average Bonchev–Trinajstić information content (AvgIpc) is 2.80. The highest BCUT2D eigenvalue weighted by molar-refractivity contribution is 5.68. The number of nitrogen functional groups attached to an aromatic ring is 1. The SMILES string of the molecule is COc1ccc(NCc2ncon2)c(N)c1. The number of aromatic nitrogens is 2. The van der Waals surface area contributed by atoms with Crippen molar-refractivity contribution in [3.8, 4) is 5.75 Å². The molecule has 16 heavy (non-hydrogen) atoms. The van der Waals surface area contributed by atoms with Crippen LogP contribution in [-0.2, 0) is 6.54 Å². The van der Waals surface area contributed by atoms with E-state index in [1.54, 1.807) is 13.2 Å². The minimum atomic E-state index is 0.465. The molecule has 0 aliphatic heterocycles. The molecule has 6 heteroatoms. The Labute approximate surface area is 92.4 Å². The number of nitrogens with one attached hydrogen (secondary N) is 1. The lowest BCUT2D eigenvalue weighted by molar-refractivity contribution is 0.411. The third-order valence-electron chi connectivity index (χ3n) is 2.10. The summed E-state index contributed by atoms with van der Waals surface area (Å²) in [7, 11) is 1.60. The molecule has 0 aliphatic carbocycles. The molecule has 1 aromatic carbocycles. The van der Waals surface area contributed by atoms with Crippen molar-refractivity contribution in [3.63, 3.8) is 0 Å². The number of anilines is 2. The Morgan fingerprint density at radius 1 is 1.50 bits per heavy atom. The lowest BCUT2D eigenvalue weighted by Crippen LogP contribution is -2.03. The summed E-state index contributed by atoms with van der Waals surface area (Å²) in [5.41, 5.74) is 7.25. The largest absolute Gasteiger partial charge is 0.497 e. The zero-order chi connectivity index (χ0) is 11.4. The topological polar surface area (TPSA) is 86.2 Å². The smallest absolute Gasteiger partial charge is 0.213 e. The number of nitrogens with two attached hydrogens (primary N) is 1. The predicted octanol–water partition coefficient (Wildman–Crippen LogP) is 1.27. The number of rotatable bonds is 4. The summed E-state index contributed by atoms with van der Waals surface area (Å²) in [5, 5.41) is 6.78. The highest BCUT2D eigenvalue weighted by Crippen LogP contribution is 2.24. The lowest BCUT2D eigenvalue weighted by Gasteiger charge is -2.08. The van der Waals surface area contributed by atoms with Gasteiger partial charge in [0.15, 0.2) is 5.82 Å². The number of hydrogen-bond acceptors (Lipinski definition) is 6. The van der Waals surface area contributed by atoms with Gasteiger partial charge in [-0.25, -0.2) is 0 Å². The van der Waals surface area contributed by atoms with Crippen LogP contribution in [0.15, 0.2) is 29.1 Å². The van der Waals surface area contributed by atoms with Gasteiger partial charge in [0.05, 0.1) is 25.0 Å². The summed E-state index contributed by atoms with van der Waals surface area (Å²) in [6.45, 7) is 0.465. The van der Waals surface area contributed by atoms with Crippen LogP contribution in [0.1, 0.15) is 5.82 Å². The van der Waals surface area contributed by atoms with Crippen LogP contribution < -0.4 is 15.8 Å². The van der Waals surface area contributed by atoms with Crippen LogP contribution in [-0.4, -0.2) is 17.3 Å². The first-order valence-electron chi connectivity index (χ1n) is 4.72. The summed E-state index contributed by atoms with van der Waals surface area (Å²) in [5.74, 6) is 1.30. The van der Waals surface area contributed by atoms with Gasteiger partial charge in [-0.3, -0.25) is 0 Å². The van der Waals surface area contributed by atoms with Crippen molar-refractivity contribution in [1.29, 1.82) is 0 Å². The molecule has 0 spiro atoms. The van der Waals surface area contributed by atoms with E-state index >= 15 is 0 Å². The first kappa shape index (κ1) is 10.3. The summed E-state index contributed by atoms with van der Waals surface area (Å²) in [6.07, 6.45) is 1.29. The van der Waals surface area contributed by atoms with Crippen molar-refractivity contribution in [3.05, 3.63) is 30.4 Å². The molecule has 84 valence electrons. The van der Waals surface area contributed by atoms with Gasteiger partial charge in [-0.05, 0) is 12.1 Å². The monoisotopic (exact) mass is 220 g/mol. The van der Waals surface area contributed by atoms with Crippen LogP contribution in [0.3, 0.4) is 0 Å². The van der Waals surface area contributed by atoms with Crippen LogP contribution >= 0.6 is 0 Å². The van der Waals surface area contributed by atoms with E-state index in [9.17, 15) is 0 Å². The molecular formula is C10H12N4O2. The van der Waals surface area contributed by atoms with Gasteiger partial charge in [0.1, 0.15) is 5.75 Å². The first-order chi connectivity index (χ1) is 7.79. The van der Waals surface area contributed by atoms with E-state index in [2.05, 4.69) is 20.0 Å². The zero-order valence-electron chi connectivity index (χ0n) is 8.80. The molecule has 0 amide bonds. The van der Waals surface area contributed by atoms with E-state index in [0.29, 0.717) is 18.1 Å². The standard InChI is InChI=1S/C10H12N4O2/c1-15-7-2-3-9(8(11)4-7)12-5-10-13-6-16-14-10/h2-4,6,12H,5,11H2,1H3. The van der Waals surface area contributed by atoms with Crippen LogP contribution in [0.2, 0.25) is 0 Å². The second kappa shape index (κ2) is 4.52. The van der Waals surface area contributed by atoms with Crippen molar-refractivity contribution in [2.75, 3.05) is 18.2 Å². The van der Waals surface area contributed by atoms with Gasteiger partial charge in [-0.15, -0.1) is 0 Å². The molecule has 0 radical (unpaired) electrons. The molecule has 0 atom stereocenters. The summed E-state index contributed by atoms with van der Waals surface area (Å²) in [6, 6.07) is 5.42. The first-order valence-corrected chi connectivity index (χ1v) is 4.72. The fraction of sp³-hybridized carbons (Fsp3) is 0.200. The summed E-state index contributed by atoms with van der Waals surface area (Å²) in [4.78, 5) is 3.89. The van der Waals surface area contributed by atoms with E-state index in [0.717, 1.165) is 11.4 Å². The van der Waals surface area contributed by atoms with E-state index in [1.165, 1.54) is 6.39 Å². The van der Waals surface area contributed by atoms with Crippen LogP contribution in [0.25, 0.3) is 0 Å². The highest BCUT2D eigenvalue weighted by atomic mass is 16.5. The maximum atomic E-state index is 5.83. The van der Waals surface area contributed by atoms with Gasteiger partial charge in [-0.2, -0.15) is 4.98 Å². The van der Waals surface area contributed by atoms with Gasteiger partial charge in [-0.1, -0.05) is 5.16 Å². The van der Waals surface area contributed by atoms with Crippen LogP contribution in [0.4, 0.5) is 11.4 Å². The lowest BCUT2D eigenvalue weighted by atomic mass is 10.2. The van der Waals surface area contributed by atoms with E-state index < -0.39 is 0 Å². The van der Waals surface area contributed by atoms with Gasteiger partial charge in [0, 0.05) is 6.07 Å². The molecule has 0 bridgehead atoms. The van der Waals surface area contributed by atoms with E-state index in [4.69, 9.17) is 10.5 Å². The van der Waals surface area contributed by atoms with E-state index in [-0.39, 0.29) is 0 Å². The van der Waals surface area contributed by atoms with Gasteiger partial charge in [0.2, 0.25) is 6.39 Å². The molecule has 0 aliphatic rings. The number of benzene rings is 1. The van der Waals surface area contributed by atoms with Crippen molar-refractivity contribution in [2.24, 2.45) is 0 Å².